The fourth-order valence-electron chi connectivity index (χ4n) is 7.07. The number of aliphatic hydroxyl groups excluding tert-OH is 7. The van der Waals surface area contributed by atoms with E-state index in [1.54, 1.807) is 0 Å². The molecule has 0 aliphatic carbocycles. The highest BCUT2D eigenvalue weighted by Gasteiger charge is 2.47. The molecule has 2 heterocycles. The van der Waals surface area contributed by atoms with Crippen LogP contribution in [-0.2, 0) is 38.0 Å². The fourth-order valence-corrected chi connectivity index (χ4v) is 7.07. The van der Waals surface area contributed by atoms with Gasteiger partial charge in [-0.1, -0.05) is 136 Å². The second-order valence-corrected chi connectivity index (χ2v) is 17.3. The van der Waals surface area contributed by atoms with Crippen molar-refractivity contribution in [3.63, 3.8) is 0 Å². The first-order valence-corrected chi connectivity index (χ1v) is 25.5. The van der Waals surface area contributed by atoms with Gasteiger partial charge >= 0.3 is 11.9 Å². The second-order valence-electron chi connectivity index (χ2n) is 17.3. The largest absolute Gasteiger partial charge is 0.462 e. The van der Waals surface area contributed by atoms with Crippen molar-refractivity contribution >= 4 is 11.9 Å². The molecule has 0 amide bonds. The Labute approximate surface area is 417 Å². The molecule has 4 unspecified atom stereocenters. The number of rotatable bonds is 37. The molecule has 2 aliphatic rings. The summed E-state index contributed by atoms with van der Waals surface area (Å²) in [6.45, 7) is 2.30. The van der Waals surface area contributed by atoms with Crippen LogP contribution in [-0.4, -0.2) is 142 Å². The first-order chi connectivity index (χ1) is 34.0. The molecule has 2 rings (SSSR count). The lowest BCUT2D eigenvalue weighted by atomic mass is 9.98. The summed E-state index contributed by atoms with van der Waals surface area (Å²) in [6.07, 6.45) is 35.6. The molecule has 0 bridgehead atoms. The molecule has 0 saturated carbocycles. The van der Waals surface area contributed by atoms with Gasteiger partial charge in [0.1, 0.15) is 55.4 Å². The Hall–Kier alpha value is -3.84. The molecule has 7 N–H and O–H groups in total. The second kappa shape index (κ2) is 40.7. The Morgan fingerprint density at radius 2 is 0.886 bits per heavy atom. The van der Waals surface area contributed by atoms with Crippen LogP contribution in [0.15, 0.2) is 109 Å². The summed E-state index contributed by atoms with van der Waals surface area (Å²) >= 11 is 0. The zero-order valence-corrected chi connectivity index (χ0v) is 41.7. The minimum Gasteiger partial charge on any atom is -0.462 e. The van der Waals surface area contributed by atoms with Crippen molar-refractivity contribution in [3.05, 3.63) is 109 Å². The zero-order chi connectivity index (χ0) is 51.0. The minimum absolute atomic E-state index is 0.0700. The highest BCUT2D eigenvalue weighted by molar-refractivity contribution is 5.70. The summed E-state index contributed by atoms with van der Waals surface area (Å²) in [6, 6.07) is 0. The summed E-state index contributed by atoms with van der Waals surface area (Å²) in [7, 11) is 0. The number of hydrogen-bond donors (Lipinski definition) is 7. The average molecular weight is 987 g/mol. The lowest BCUT2D eigenvalue weighted by Gasteiger charge is -2.42. The van der Waals surface area contributed by atoms with Crippen LogP contribution in [0.3, 0.4) is 0 Å². The molecule has 2 aliphatic heterocycles. The third kappa shape index (κ3) is 28.3. The number of allylic oxidation sites excluding steroid dienone is 18. The van der Waals surface area contributed by atoms with E-state index in [0.717, 1.165) is 57.8 Å². The van der Waals surface area contributed by atoms with E-state index in [4.69, 9.17) is 28.4 Å². The molecule has 15 heteroatoms. The zero-order valence-electron chi connectivity index (χ0n) is 41.7. The van der Waals surface area contributed by atoms with Gasteiger partial charge in [-0.05, 0) is 89.9 Å². The van der Waals surface area contributed by atoms with Gasteiger partial charge in [-0.25, -0.2) is 0 Å². The molecule has 0 spiro atoms. The number of carbonyl (C=O) groups excluding carboxylic acids is 2. The SMILES string of the molecule is CC/C=C/C/C=C/C/C=C/C/C=C/C/C=C/CCCC(=O)OC[C@@H](CO[C@@H]1O[C@H](CO[C@@H]2O[C@H](CO)[C@H](O)C(O)C2O)[C@H](O)C(O)C1O)OC(=O)CCC/C=C/C/C=C/C/C=C/C/C=C/CCCCC. The molecule has 0 aromatic carbocycles. The monoisotopic (exact) mass is 987 g/mol. The number of aliphatic hydroxyl groups is 7. The summed E-state index contributed by atoms with van der Waals surface area (Å²) < 4.78 is 33.4. The highest BCUT2D eigenvalue weighted by atomic mass is 16.7. The van der Waals surface area contributed by atoms with Gasteiger partial charge in [-0.15, -0.1) is 0 Å². The lowest BCUT2D eigenvalue weighted by molar-refractivity contribution is -0.332. The van der Waals surface area contributed by atoms with E-state index < -0.39 is 99.3 Å². The maximum Gasteiger partial charge on any atom is 0.306 e. The van der Waals surface area contributed by atoms with Gasteiger partial charge in [0.25, 0.3) is 0 Å². The van der Waals surface area contributed by atoms with Crippen molar-refractivity contribution in [2.75, 3.05) is 26.4 Å². The number of unbranched alkanes of at least 4 members (excludes halogenated alkanes) is 5. The smallest absolute Gasteiger partial charge is 0.306 e. The maximum absolute atomic E-state index is 13.0. The van der Waals surface area contributed by atoms with Crippen molar-refractivity contribution in [3.8, 4) is 0 Å². The van der Waals surface area contributed by atoms with Gasteiger partial charge in [0, 0.05) is 12.8 Å². The van der Waals surface area contributed by atoms with Crippen molar-refractivity contribution in [2.24, 2.45) is 0 Å². The summed E-state index contributed by atoms with van der Waals surface area (Å²) in [4.78, 5) is 25.7. The molecule has 0 aromatic heterocycles. The van der Waals surface area contributed by atoms with Gasteiger partial charge < -0.3 is 64.2 Å². The topological polar surface area (TPSA) is 231 Å². The number of carbonyl (C=O) groups is 2. The maximum atomic E-state index is 13.0. The van der Waals surface area contributed by atoms with E-state index >= 15 is 0 Å². The van der Waals surface area contributed by atoms with E-state index in [0.29, 0.717) is 25.7 Å². The number of hydrogen-bond acceptors (Lipinski definition) is 15. The molecule has 11 atom stereocenters. The molecule has 0 aromatic rings. The molecule has 15 nitrogen and oxygen atoms in total. The third-order valence-electron chi connectivity index (χ3n) is 11.2. The van der Waals surface area contributed by atoms with Crippen LogP contribution in [0.25, 0.3) is 0 Å². The normalized spacial score (nSPS) is 26.3. The van der Waals surface area contributed by atoms with Crippen molar-refractivity contribution in [2.45, 2.75) is 197 Å². The molecule has 2 fully saturated rings. The summed E-state index contributed by atoms with van der Waals surface area (Å²) in [5.74, 6) is -1.07. The van der Waals surface area contributed by atoms with Crippen LogP contribution in [0.4, 0.5) is 0 Å². The first-order valence-electron chi connectivity index (χ1n) is 25.5. The Balaban J connectivity index is 1.87. The van der Waals surface area contributed by atoms with Crippen molar-refractivity contribution < 1.29 is 73.8 Å². The molecule has 396 valence electrons. The minimum atomic E-state index is -1.79. The lowest BCUT2D eigenvalue weighted by Crippen LogP contribution is -2.61. The van der Waals surface area contributed by atoms with Gasteiger partial charge in [0.05, 0.1) is 19.8 Å². The van der Waals surface area contributed by atoms with Crippen LogP contribution in [0.2, 0.25) is 0 Å². The van der Waals surface area contributed by atoms with Crippen LogP contribution < -0.4 is 0 Å². The highest BCUT2D eigenvalue weighted by Crippen LogP contribution is 2.26. The molecular formula is C55H86O15. The van der Waals surface area contributed by atoms with E-state index in [-0.39, 0.29) is 19.4 Å². The van der Waals surface area contributed by atoms with Crippen LogP contribution in [0.5, 0.6) is 0 Å². The standard InChI is InChI=1S/C55H86O15/c1-3-5-7-9-11-13-15-17-19-21-23-25-27-29-31-33-35-37-46(57)65-40-43(68-47(58)38-36-34-32-30-28-26-24-22-20-18-16-14-12-10-8-6-4-2)41-66-54-53(64)51(62)49(60)45(70-54)42-67-55-52(63)50(61)48(59)44(39-56)69-55/h5,7,11-14,17-20,23-26,29-32,43-45,48-56,59-64H,3-4,6,8-10,15-16,21-22,27-28,33-42H2,1-2H3/b7-5+,13-11+,14-12+,19-17+,20-18+,25-23+,26-24+,31-29+,32-30+/t43-,44+,45+,48-,49-,50?,51?,52?,53?,54+,55+/m0/s1. The van der Waals surface area contributed by atoms with Gasteiger partial charge in [-0.2, -0.15) is 0 Å². The van der Waals surface area contributed by atoms with E-state index in [2.05, 4.69) is 98.9 Å². The Morgan fingerprint density at radius 1 is 0.471 bits per heavy atom. The molecule has 0 radical (unpaired) electrons. The predicted octanol–water partition coefficient (Wildman–Crippen LogP) is 7.15. The van der Waals surface area contributed by atoms with E-state index in [1.165, 1.54) is 19.3 Å². The van der Waals surface area contributed by atoms with Crippen LogP contribution in [0, 0.1) is 0 Å². The van der Waals surface area contributed by atoms with Gasteiger partial charge in [-0.3, -0.25) is 9.59 Å². The third-order valence-corrected chi connectivity index (χ3v) is 11.2. The van der Waals surface area contributed by atoms with Gasteiger partial charge in [0.2, 0.25) is 0 Å². The van der Waals surface area contributed by atoms with Crippen molar-refractivity contribution in [1.29, 1.82) is 0 Å². The number of ether oxygens (including phenoxy) is 6. The number of esters is 2. The Bertz CT molecular complexity index is 1630. The summed E-state index contributed by atoms with van der Waals surface area (Å²) in [5.41, 5.74) is 0. The molecular weight excluding hydrogens is 901 g/mol. The Kier molecular flexibility index (Phi) is 36.2. The van der Waals surface area contributed by atoms with E-state index in [1.807, 2.05) is 24.3 Å². The van der Waals surface area contributed by atoms with Crippen LogP contribution >= 0.6 is 0 Å². The molecule has 2 saturated heterocycles. The van der Waals surface area contributed by atoms with Crippen LogP contribution in [0.1, 0.15) is 129 Å². The predicted molar refractivity (Wildman–Crippen MR) is 270 cm³/mol. The fraction of sp³-hybridized carbons (Fsp3) is 0.636. The first kappa shape index (κ1) is 62.3. The molecule has 70 heavy (non-hydrogen) atoms. The van der Waals surface area contributed by atoms with Gasteiger partial charge in [0.15, 0.2) is 18.7 Å². The average Bonchev–Trinajstić information content (AvgIpc) is 3.35. The van der Waals surface area contributed by atoms with Crippen molar-refractivity contribution in [1.82, 2.24) is 0 Å². The quantitative estimate of drug-likeness (QED) is 0.0186. The summed E-state index contributed by atoms with van der Waals surface area (Å²) in [5, 5.41) is 72.1. The Morgan fingerprint density at radius 3 is 1.36 bits per heavy atom. The van der Waals surface area contributed by atoms with E-state index in [9.17, 15) is 45.3 Å².